The fraction of sp³-hybridized carbons (Fsp3) is 0.375. The number of hydrogen-bond donors (Lipinski definition) is 0. The summed E-state index contributed by atoms with van der Waals surface area (Å²) in [6.45, 7) is 2.08. The van der Waals surface area contributed by atoms with Crippen LogP contribution in [-0.2, 0) is 4.74 Å². The lowest BCUT2D eigenvalue weighted by molar-refractivity contribution is 0.306. The average Bonchev–Trinajstić information content (AvgIpc) is 1.88. The standard InChI is InChI=1S/C8H10O/c1-7-4-3-5-8(6-7)9-2/h3,6H,4H2,1-2H3. The Morgan fingerprint density at radius 2 is 2.44 bits per heavy atom. The molecule has 1 aliphatic carbocycles. The molecule has 0 bridgehead atoms. The molecule has 9 heavy (non-hydrogen) atoms. The van der Waals surface area contributed by atoms with Crippen LogP contribution in [0.3, 0.4) is 0 Å². The number of hydrogen-bond acceptors (Lipinski definition) is 1. The highest BCUT2D eigenvalue weighted by molar-refractivity contribution is 5.23. The van der Waals surface area contributed by atoms with Crippen LogP contribution in [0.1, 0.15) is 13.3 Å². The normalized spacial score (nSPS) is 16.7. The van der Waals surface area contributed by atoms with Crippen LogP contribution >= 0.6 is 0 Å². The molecule has 0 N–H and O–H groups in total. The van der Waals surface area contributed by atoms with Crippen molar-refractivity contribution in [3.05, 3.63) is 29.2 Å². The van der Waals surface area contributed by atoms with Crippen LogP contribution < -0.4 is 0 Å². The van der Waals surface area contributed by atoms with E-state index in [2.05, 4.69) is 12.7 Å². The third-order valence-corrected chi connectivity index (χ3v) is 1.27. The Bertz CT molecular complexity index is 193. The van der Waals surface area contributed by atoms with Crippen molar-refractivity contribution in [3.8, 4) is 0 Å². The highest BCUT2D eigenvalue weighted by Crippen LogP contribution is 2.10. The predicted molar refractivity (Wildman–Crippen MR) is 37.0 cm³/mol. The van der Waals surface area contributed by atoms with Crippen molar-refractivity contribution >= 4 is 0 Å². The Balaban J connectivity index is 2.81. The minimum absolute atomic E-state index is 0.832. The maximum atomic E-state index is 4.96. The molecule has 48 valence electrons. The van der Waals surface area contributed by atoms with E-state index in [1.54, 1.807) is 7.11 Å². The molecule has 1 heteroatoms. The molecule has 0 aromatic carbocycles. The zero-order chi connectivity index (χ0) is 6.69. The highest BCUT2D eigenvalue weighted by Gasteiger charge is 1.94. The Morgan fingerprint density at radius 1 is 1.67 bits per heavy atom. The Kier molecular flexibility index (Phi) is 1.76. The van der Waals surface area contributed by atoms with Crippen LogP contribution in [0.4, 0.5) is 0 Å². The van der Waals surface area contributed by atoms with E-state index in [0.717, 1.165) is 12.2 Å². The second kappa shape index (κ2) is 2.56. The van der Waals surface area contributed by atoms with E-state index in [0.29, 0.717) is 0 Å². The lowest BCUT2D eigenvalue weighted by Gasteiger charge is -2.02. The van der Waals surface area contributed by atoms with Gasteiger partial charge in [0.15, 0.2) is 5.76 Å². The van der Waals surface area contributed by atoms with Crippen LogP contribution in [0.5, 0.6) is 0 Å². The van der Waals surface area contributed by atoms with Crippen molar-refractivity contribution in [2.75, 3.05) is 7.11 Å². The second-order valence-electron chi connectivity index (χ2n) is 2.11. The van der Waals surface area contributed by atoms with Gasteiger partial charge in [0, 0.05) is 0 Å². The molecule has 0 heterocycles. The monoisotopic (exact) mass is 122 g/mol. The summed E-state index contributed by atoms with van der Waals surface area (Å²) in [7, 11) is 1.66. The first-order chi connectivity index (χ1) is 4.33. The first kappa shape index (κ1) is 6.18. The Labute approximate surface area is 55.3 Å². The molecule has 0 fully saturated rings. The van der Waals surface area contributed by atoms with E-state index in [1.165, 1.54) is 5.57 Å². The summed E-state index contributed by atoms with van der Waals surface area (Å²) < 4.78 is 4.96. The van der Waals surface area contributed by atoms with Crippen LogP contribution in [0, 0.1) is 0 Å². The summed E-state index contributed by atoms with van der Waals surface area (Å²) >= 11 is 0. The topological polar surface area (TPSA) is 9.23 Å². The van der Waals surface area contributed by atoms with Crippen LogP contribution in [-0.4, -0.2) is 7.11 Å². The van der Waals surface area contributed by atoms with E-state index in [-0.39, 0.29) is 0 Å². The molecule has 0 saturated carbocycles. The largest absolute Gasteiger partial charge is 0.489 e. The molecule has 0 aromatic rings. The molecule has 1 nitrogen and oxygen atoms in total. The van der Waals surface area contributed by atoms with Gasteiger partial charge in [-0.25, -0.2) is 0 Å². The molecule has 1 aliphatic rings. The molecular formula is C8H10O. The third kappa shape index (κ3) is 1.48. The SMILES string of the molecule is COC1=C=CCC(C)=C1. The van der Waals surface area contributed by atoms with Crippen molar-refractivity contribution in [2.24, 2.45) is 0 Å². The van der Waals surface area contributed by atoms with Crippen LogP contribution in [0.2, 0.25) is 0 Å². The number of rotatable bonds is 1. The molecule has 1 rings (SSSR count). The van der Waals surface area contributed by atoms with Gasteiger partial charge in [0.2, 0.25) is 0 Å². The van der Waals surface area contributed by atoms with Gasteiger partial charge in [-0.1, -0.05) is 11.3 Å². The van der Waals surface area contributed by atoms with Crippen LogP contribution in [0.15, 0.2) is 29.2 Å². The fourth-order valence-electron chi connectivity index (χ4n) is 0.755. The first-order valence-electron chi connectivity index (χ1n) is 2.99. The van der Waals surface area contributed by atoms with Gasteiger partial charge in [-0.2, -0.15) is 0 Å². The highest BCUT2D eigenvalue weighted by atomic mass is 16.5. The lowest BCUT2D eigenvalue weighted by Crippen LogP contribution is -1.85. The predicted octanol–water partition coefficient (Wildman–Crippen LogP) is 2.02. The Hall–Kier alpha value is -0.940. The zero-order valence-corrected chi connectivity index (χ0v) is 5.77. The molecule has 0 saturated heterocycles. The number of ether oxygens (including phenoxy) is 1. The summed E-state index contributed by atoms with van der Waals surface area (Å²) in [4.78, 5) is 0. The molecule has 0 radical (unpaired) electrons. The molecule has 0 aliphatic heterocycles. The zero-order valence-electron chi connectivity index (χ0n) is 5.77. The quantitative estimate of drug-likeness (QED) is 0.483. The minimum atomic E-state index is 0.832. The maximum Gasteiger partial charge on any atom is 0.161 e. The molecular weight excluding hydrogens is 112 g/mol. The maximum absolute atomic E-state index is 4.96. The summed E-state index contributed by atoms with van der Waals surface area (Å²) in [6.07, 6.45) is 4.99. The fourth-order valence-corrected chi connectivity index (χ4v) is 0.755. The van der Waals surface area contributed by atoms with Gasteiger partial charge >= 0.3 is 0 Å². The molecule has 0 unspecified atom stereocenters. The van der Waals surface area contributed by atoms with E-state index in [9.17, 15) is 0 Å². The van der Waals surface area contributed by atoms with Crippen molar-refractivity contribution in [3.63, 3.8) is 0 Å². The van der Waals surface area contributed by atoms with Crippen molar-refractivity contribution in [1.82, 2.24) is 0 Å². The minimum Gasteiger partial charge on any atom is -0.489 e. The van der Waals surface area contributed by atoms with Gasteiger partial charge in [-0.05, 0) is 25.5 Å². The average molecular weight is 122 g/mol. The number of allylic oxidation sites excluding steroid dienone is 2. The first-order valence-corrected chi connectivity index (χ1v) is 2.99. The second-order valence-corrected chi connectivity index (χ2v) is 2.11. The van der Waals surface area contributed by atoms with Crippen molar-refractivity contribution < 1.29 is 4.74 Å². The van der Waals surface area contributed by atoms with E-state index in [1.807, 2.05) is 12.2 Å². The van der Waals surface area contributed by atoms with E-state index in [4.69, 9.17) is 4.74 Å². The van der Waals surface area contributed by atoms with Gasteiger partial charge in [0.05, 0.1) is 7.11 Å². The Morgan fingerprint density at radius 3 is 2.89 bits per heavy atom. The summed E-state index contributed by atoms with van der Waals surface area (Å²) in [5.41, 5.74) is 4.32. The van der Waals surface area contributed by atoms with Crippen molar-refractivity contribution in [1.29, 1.82) is 0 Å². The molecule has 0 amide bonds. The lowest BCUT2D eigenvalue weighted by atomic mass is 10.1. The van der Waals surface area contributed by atoms with Gasteiger partial charge in [-0.3, -0.25) is 0 Å². The van der Waals surface area contributed by atoms with Gasteiger partial charge in [0.25, 0.3) is 0 Å². The third-order valence-electron chi connectivity index (χ3n) is 1.27. The molecule has 0 atom stereocenters. The smallest absolute Gasteiger partial charge is 0.161 e. The van der Waals surface area contributed by atoms with Crippen LogP contribution in [0.25, 0.3) is 0 Å². The van der Waals surface area contributed by atoms with E-state index < -0.39 is 0 Å². The summed E-state index contributed by atoms with van der Waals surface area (Å²) in [6, 6.07) is 0. The van der Waals surface area contributed by atoms with E-state index >= 15 is 0 Å². The number of methoxy groups -OCH3 is 1. The van der Waals surface area contributed by atoms with Gasteiger partial charge in [0.1, 0.15) is 0 Å². The van der Waals surface area contributed by atoms with Gasteiger partial charge in [-0.15, -0.1) is 0 Å². The van der Waals surface area contributed by atoms with Crippen molar-refractivity contribution in [2.45, 2.75) is 13.3 Å². The molecule has 0 aromatic heterocycles. The summed E-state index contributed by atoms with van der Waals surface area (Å²) in [5, 5.41) is 0. The summed E-state index contributed by atoms with van der Waals surface area (Å²) in [5.74, 6) is 0.832. The molecule has 0 spiro atoms. The van der Waals surface area contributed by atoms with Gasteiger partial charge < -0.3 is 4.74 Å².